The molecule has 0 amide bonds. The van der Waals surface area contributed by atoms with Crippen molar-refractivity contribution in [1.82, 2.24) is 4.90 Å². The van der Waals surface area contributed by atoms with Crippen LogP contribution in [0.3, 0.4) is 0 Å². The van der Waals surface area contributed by atoms with Crippen molar-refractivity contribution in [1.29, 1.82) is 0 Å². The highest BCUT2D eigenvalue weighted by molar-refractivity contribution is 7.91. The third kappa shape index (κ3) is 2.40. The first-order valence-corrected chi connectivity index (χ1v) is 7.38. The Morgan fingerprint density at radius 3 is 2.56 bits per heavy atom. The van der Waals surface area contributed by atoms with E-state index in [2.05, 4.69) is 4.90 Å². The highest BCUT2D eigenvalue weighted by atomic mass is 32.2. The van der Waals surface area contributed by atoms with E-state index in [0.29, 0.717) is 31.9 Å². The predicted molar refractivity (Wildman–Crippen MR) is 60.0 cm³/mol. The van der Waals surface area contributed by atoms with Crippen molar-refractivity contribution >= 4 is 9.84 Å². The topological polar surface area (TPSA) is 66.8 Å². The van der Waals surface area contributed by atoms with Gasteiger partial charge in [-0.15, -0.1) is 0 Å². The molecular formula is C10H19NO4S. The van der Waals surface area contributed by atoms with E-state index < -0.39 is 9.84 Å². The van der Waals surface area contributed by atoms with Gasteiger partial charge in [0, 0.05) is 12.6 Å². The fourth-order valence-electron chi connectivity index (χ4n) is 2.40. The van der Waals surface area contributed by atoms with Crippen LogP contribution in [-0.4, -0.2) is 69.4 Å². The number of sulfone groups is 1. The molecule has 2 aliphatic rings. The van der Waals surface area contributed by atoms with Crippen LogP contribution < -0.4 is 0 Å². The molecule has 16 heavy (non-hydrogen) atoms. The summed E-state index contributed by atoms with van der Waals surface area (Å²) in [4.78, 5) is 2.06. The van der Waals surface area contributed by atoms with Gasteiger partial charge in [-0.05, 0) is 13.5 Å². The summed E-state index contributed by atoms with van der Waals surface area (Å²) in [5.41, 5.74) is -0.166. The van der Waals surface area contributed by atoms with Crippen LogP contribution in [0.2, 0.25) is 0 Å². The zero-order chi connectivity index (χ0) is 11.8. The molecule has 1 N–H and O–H groups in total. The average molecular weight is 249 g/mol. The van der Waals surface area contributed by atoms with Crippen molar-refractivity contribution in [2.45, 2.75) is 12.5 Å². The Bertz CT molecular complexity index is 344. The van der Waals surface area contributed by atoms with E-state index in [4.69, 9.17) is 4.74 Å². The van der Waals surface area contributed by atoms with Crippen LogP contribution in [0, 0.1) is 5.41 Å². The predicted octanol–water partition coefficient (Wildman–Crippen LogP) is -0.886. The van der Waals surface area contributed by atoms with Gasteiger partial charge in [0.15, 0.2) is 9.84 Å². The molecule has 0 aliphatic carbocycles. The quantitative estimate of drug-likeness (QED) is 0.700. The lowest BCUT2D eigenvalue weighted by atomic mass is 9.86. The second-order valence-corrected chi connectivity index (χ2v) is 7.35. The first kappa shape index (κ1) is 12.3. The van der Waals surface area contributed by atoms with Crippen molar-refractivity contribution in [2.24, 2.45) is 5.41 Å². The summed E-state index contributed by atoms with van der Waals surface area (Å²) < 4.78 is 27.9. The Balaban J connectivity index is 1.91. The van der Waals surface area contributed by atoms with Gasteiger partial charge in [-0.2, -0.15) is 0 Å². The molecule has 1 unspecified atom stereocenters. The molecule has 6 heteroatoms. The normalized spacial score (nSPS) is 31.6. The van der Waals surface area contributed by atoms with E-state index >= 15 is 0 Å². The molecule has 0 aromatic heterocycles. The van der Waals surface area contributed by atoms with E-state index in [0.717, 1.165) is 0 Å². The van der Waals surface area contributed by atoms with Gasteiger partial charge in [0.2, 0.25) is 0 Å². The zero-order valence-electron chi connectivity index (χ0n) is 9.55. The van der Waals surface area contributed by atoms with Gasteiger partial charge >= 0.3 is 0 Å². The van der Waals surface area contributed by atoms with Crippen molar-refractivity contribution < 1.29 is 18.3 Å². The maximum atomic E-state index is 11.4. The minimum Gasteiger partial charge on any atom is -0.396 e. The minimum absolute atomic E-state index is 0.106. The van der Waals surface area contributed by atoms with Crippen LogP contribution in [-0.2, 0) is 14.6 Å². The summed E-state index contributed by atoms with van der Waals surface area (Å²) in [7, 11) is -0.895. The molecule has 0 aromatic carbocycles. The summed E-state index contributed by atoms with van der Waals surface area (Å²) in [5, 5.41) is 9.31. The van der Waals surface area contributed by atoms with Gasteiger partial charge in [0.05, 0.1) is 36.7 Å². The number of hydrogen-bond donors (Lipinski definition) is 1. The molecule has 0 bridgehead atoms. The third-order valence-corrected chi connectivity index (χ3v) is 5.32. The van der Waals surface area contributed by atoms with Crippen LogP contribution in [0.25, 0.3) is 0 Å². The first-order chi connectivity index (χ1) is 7.46. The lowest BCUT2D eigenvalue weighted by Crippen LogP contribution is -2.54. The molecule has 0 spiro atoms. The molecule has 5 nitrogen and oxygen atoms in total. The summed E-state index contributed by atoms with van der Waals surface area (Å²) in [5.74, 6) is 0.552. The standard InChI is InChI=1S/C10H19NO4S/c1-11(5-10(6-12)7-15-8-10)9-2-3-16(13,14)4-9/h9,12H,2-8H2,1H3. The van der Waals surface area contributed by atoms with Gasteiger partial charge in [0.1, 0.15) is 0 Å². The van der Waals surface area contributed by atoms with Crippen molar-refractivity contribution in [2.75, 3.05) is 44.9 Å². The van der Waals surface area contributed by atoms with Crippen LogP contribution in [0.4, 0.5) is 0 Å². The molecule has 0 saturated carbocycles. The number of hydrogen-bond acceptors (Lipinski definition) is 5. The molecule has 2 rings (SSSR count). The Kier molecular flexibility index (Phi) is 3.27. The lowest BCUT2D eigenvalue weighted by molar-refractivity contribution is -0.148. The molecule has 0 radical (unpaired) electrons. The number of aliphatic hydroxyl groups is 1. The fourth-order valence-corrected chi connectivity index (χ4v) is 4.21. The SMILES string of the molecule is CN(CC1(CO)COC1)C1CCS(=O)(=O)C1. The Hall–Kier alpha value is -0.170. The van der Waals surface area contributed by atoms with E-state index in [9.17, 15) is 13.5 Å². The van der Waals surface area contributed by atoms with E-state index in [1.54, 1.807) is 0 Å². The molecule has 0 aromatic rings. The molecule has 2 saturated heterocycles. The number of ether oxygens (including phenoxy) is 1. The lowest BCUT2D eigenvalue weighted by Gasteiger charge is -2.43. The molecular weight excluding hydrogens is 230 g/mol. The van der Waals surface area contributed by atoms with Crippen LogP contribution >= 0.6 is 0 Å². The summed E-state index contributed by atoms with van der Waals surface area (Å²) in [6, 6.07) is 0.106. The van der Waals surface area contributed by atoms with Gasteiger partial charge in [0.25, 0.3) is 0 Å². The summed E-state index contributed by atoms with van der Waals surface area (Å²) in [6.45, 7) is 1.97. The third-order valence-electron chi connectivity index (χ3n) is 3.57. The van der Waals surface area contributed by atoms with Gasteiger partial charge < -0.3 is 14.7 Å². The fraction of sp³-hybridized carbons (Fsp3) is 1.00. The van der Waals surface area contributed by atoms with Crippen LogP contribution in [0.1, 0.15) is 6.42 Å². The highest BCUT2D eigenvalue weighted by Crippen LogP contribution is 2.29. The smallest absolute Gasteiger partial charge is 0.151 e. The van der Waals surface area contributed by atoms with Crippen LogP contribution in [0.5, 0.6) is 0 Å². The van der Waals surface area contributed by atoms with Gasteiger partial charge in [-0.3, -0.25) is 0 Å². The maximum absolute atomic E-state index is 11.4. The van der Waals surface area contributed by atoms with Crippen LogP contribution in [0.15, 0.2) is 0 Å². The Morgan fingerprint density at radius 1 is 1.50 bits per heavy atom. The van der Waals surface area contributed by atoms with Crippen molar-refractivity contribution in [3.8, 4) is 0 Å². The van der Waals surface area contributed by atoms with Gasteiger partial charge in [-0.1, -0.05) is 0 Å². The number of aliphatic hydroxyl groups excluding tert-OH is 1. The second kappa shape index (κ2) is 4.25. The molecule has 2 fully saturated rings. The Labute approximate surface area is 96.3 Å². The molecule has 2 heterocycles. The van der Waals surface area contributed by atoms with Crippen molar-refractivity contribution in [3.63, 3.8) is 0 Å². The minimum atomic E-state index is -2.83. The maximum Gasteiger partial charge on any atom is 0.151 e. The first-order valence-electron chi connectivity index (χ1n) is 5.56. The highest BCUT2D eigenvalue weighted by Gasteiger charge is 2.41. The number of nitrogens with zero attached hydrogens (tertiary/aromatic N) is 1. The summed E-state index contributed by atoms with van der Waals surface area (Å²) >= 11 is 0. The van der Waals surface area contributed by atoms with E-state index in [1.807, 2.05) is 7.05 Å². The molecule has 2 aliphatic heterocycles. The second-order valence-electron chi connectivity index (χ2n) is 5.12. The Morgan fingerprint density at radius 2 is 2.19 bits per heavy atom. The average Bonchev–Trinajstić information content (AvgIpc) is 2.52. The van der Waals surface area contributed by atoms with Gasteiger partial charge in [-0.25, -0.2) is 8.42 Å². The van der Waals surface area contributed by atoms with Crippen molar-refractivity contribution in [3.05, 3.63) is 0 Å². The summed E-state index contributed by atoms with van der Waals surface area (Å²) in [6.07, 6.45) is 0.710. The van der Waals surface area contributed by atoms with E-state index in [-0.39, 0.29) is 23.8 Å². The zero-order valence-corrected chi connectivity index (χ0v) is 10.4. The molecule has 1 atom stereocenters. The number of rotatable bonds is 4. The van der Waals surface area contributed by atoms with E-state index in [1.165, 1.54) is 0 Å². The molecule has 94 valence electrons. The largest absolute Gasteiger partial charge is 0.396 e. The monoisotopic (exact) mass is 249 g/mol.